The van der Waals surface area contributed by atoms with E-state index in [0.29, 0.717) is 0 Å². The van der Waals surface area contributed by atoms with Crippen LogP contribution in [0, 0.1) is 0 Å². The molecule has 8 nitrogen and oxygen atoms in total. The fourth-order valence-electron chi connectivity index (χ4n) is 1.53. The van der Waals surface area contributed by atoms with E-state index < -0.39 is 16.1 Å². The third kappa shape index (κ3) is 2.36. The van der Waals surface area contributed by atoms with E-state index in [0.717, 1.165) is 5.56 Å². The van der Waals surface area contributed by atoms with E-state index in [-0.39, 0.29) is 10.7 Å². The van der Waals surface area contributed by atoms with Gasteiger partial charge in [-0.15, -0.1) is 0 Å². The zero-order valence-electron chi connectivity index (χ0n) is 9.95. The summed E-state index contributed by atoms with van der Waals surface area (Å²) in [5.41, 5.74) is 6.26. The molecule has 0 saturated carbocycles. The summed E-state index contributed by atoms with van der Waals surface area (Å²) < 4.78 is 28.2. The quantitative estimate of drug-likeness (QED) is 0.708. The first-order valence-corrected chi connectivity index (χ1v) is 6.68. The molecule has 0 bridgehead atoms. The predicted octanol–water partition coefficient (Wildman–Crippen LogP) is -0.235. The number of sulfonamides is 1. The van der Waals surface area contributed by atoms with Crippen LogP contribution in [0.2, 0.25) is 0 Å². The minimum atomic E-state index is -3.69. The summed E-state index contributed by atoms with van der Waals surface area (Å²) in [4.78, 5) is -0.0572. The van der Waals surface area contributed by atoms with Crippen LogP contribution < -0.4 is 10.5 Å². The van der Waals surface area contributed by atoms with Crippen LogP contribution in [-0.4, -0.2) is 28.4 Å². The van der Waals surface area contributed by atoms with Crippen LogP contribution >= 0.6 is 0 Å². The number of nitrogen functional groups attached to an aromatic ring is 1. The maximum atomic E-state index is 12.0. The van der Waals surface area contributed by atoms with Gasteiger partial charge in [0.1, 0.15) is 10.7 Å². The van der Waals surface area contributed by atoms with Gasteiger partial charge in [0, 0.05) is 24.8 Å². The molecular formula is C9H14N6O2S. The number of anilines is 1. The number of hydrogen-bond donors (Lipinski definition) is 3. The van der Waals surface area contributed by atoms with Crippen LogP contribution in [0.25, 0.3) is 0 Å². The second-order valence-electron chi connectivity index (χ2n) is 3.94. The van der Waals surface area contributed by atoms with Crippen LogP contribution in [0.1, 0.15) is 18.5 Å². The molecule has 0 spiro atoms. The highest BCUT2D eigenvalue weighted by atomic mass is 32.2. The maximum Gasteiger partial charge on any atom is 0.246 e. The predicted molar refractivity (Wildman–Crippen MR) is 64.9 cm³/mol. The first kappa shape index (κ1) is 12.6. The van der Waals surface area contributed by atoms with Gasteiger partial charge in [-0.2, -0.15) is 10.2 Å². The number of hydrogen-bond acceptors (Lipinski definition) is 5. The number of rotatable bonds is 4. The Morgan fingerprint density at radius 1 is 1.50 bits per heavy atom. The van der Waals surface area contributed by atoms with Crippen LogP contribution in [0.3, 0.4) is 0 Å². The molecule has 2 heterocycles. The second-order valence-corrected chi connectivity index (χ2v) is 5.62. The number of nitrogens with zero attached hydrogens (tertiary/aromatic N) is 3. The van der Waals surface area contributed by atoms with Gasteiger partial charge in [0.25, 0.3) is 0 Å². The van der Waals surface area contributed by atoms with E-state index in [1.807, 2.05) is 0 Å². The second kappa shape index (κ2) is 4.42. The van der Waals surface area contributed by atoms with Crippen molar-refractivity contribution < 1.29 is 8.42 Å². The molecule has 2 aromatic heterocycles. The molecule has 9 heteroatoms. The van der Waals surface area contributed by atoms with E-state index >= 15 is 0 Å². The monoisotopic (exact) mass is 270 g/mol. The maximum absolute atomic E-state index is 12.0. The molecule has 2 aromatic rings. The van der Waals surface area contributed by atoms with Crippen LogP contribution in [-0.2, 0) is 17.1 Å². The van der Waals surface area contributed by atoms with Crippen molar-refractivity contribution in [2.75, 3.05) is 5.73 Å². The number of aryl methyl sites for hydroxylation is 1. The van der Waals surface area contributed by atoms with Gasteiger partial charge < -0.3 is 5.73 Å². The highest BCUT2D eigenvalue weighted by Gasteiger charge is 2.22. The summed E-state index contributed by atoms with van der Waals surface area (Å²) in [6, 6.07) is -0.405. The van der Waals surface area contributed by atoms with Crippen molar-refractivity contribution in [1.29, 1.82) is 0 Å². The Bertz CT molecular complexity index is 644. The van der Waals surface area contributed by atoms with Gasteiger partial charge in [0.2, 0.25) is 10.0 Å². The van der Waals surface area contributed by atoms with Gasteiger partial charge >= 0.3 is 0 Å². The van der Waals surface area contributed by atoms with E-state index in [9.17, 15) is 8.42 Å². The van der Waals surface area contributed by atoms with Gasteiger partial charge in [0.15, 0.2) is 0 Å². The van der Waals surface area contributed by atoms with Crippen LogP contribution in [0.5, 0.6) is 0 Å². The zero-order chi connectivity index (χ0) is 13.3. The normalized spacial score (nSPS) is 13.7. The Morgan fingerprint density at radius 2 is 2.22 bits per heavy atom. The van der Waals surface area contributed by atoms with Crippen molar-refractivity contribution in [2.24, 2.45) is 7.05 Å². The molecule has 4 N–H and O–H groups in total. The summed E-state index contributed by atoms with van der Waals surface area (Å²) in [5, 5.41) is 9.96. The number of H-pyrrole nitrogens is 1. The fraction of sp³-hybridized carbons (Fsp3) is 0.333. The van der Waals surface area contributed by atoms with Crippen molar-refractivity contribution in [3.8, 4) is 0 Å². The fourth-order valence-corrected chi connectivity index (χ4v) is 2.78. The van der Waals surface area contributed by atoms with Gasteiger partial charge in [-0.3, -0.25) is 9.78 Å². The smallest absolute Gasteiger partial charge is 0.246 e. The summed E-state index contributed by atoms with van der Waals surface area (Å²) in [6.45, 7) is 1.73. The highest BCUT2D eigenvalue weighted by molar-refractivity contribution is 7.89. The Morgan fingerprint density at radius 3 is 2.72 bits per heavy atom. The molecule has 18 heavy (non-hydrogen) atoms. The minimum absolute atomic E-state index is 0.0147. The average molecular weight is 270 g/mol. The summed E-state index contributed by atoms with van der Waals surface area (Å²) in [7, 11) is -1.93. The van der Waals surface area contributed by atoms with Crippen molar-refractivity contribution in [2.45, 2.75) is 17.9 Å². The standard InChI is InChI=1S/C9H14N6O2S/c1-6(7-3-12-15(2)5-7)14-18(16,17)8-4-11-13-9(8)10/h3-6,14H,1-2H3,(H3,10,11,13). The zero-order valence-corrected chi connectivity index (χ0v) is 10.8. The van der Waals surface area contributed by atoms with E-state index in [1.165, 1.54) is 6.20 Å². The topological polar surface area (TPSA) is 119 Å². The Kier molecular flexibility index (Phi) is 3.09. The molecule has 0 aliphatic rings. The molecule has 1 unspecified atom stereocenters. The molecular weight excluding hydrogens is 256 g/mol. The molecule has 1 atom stereocenters. The molecule has 2 rings (SSSR count). The van der Waals surface area contributed by atoms with E-state index in [4.69, 9.17) is 5.73 Å². The number of aromatic amines is 1. The molecule has 98 valence electrons. The van der Waals surface area contributed by atoms with Gasteiger partial charge in [-0.05, 0) is 6.92 Å². The molecule has 0 fully saturated rings. The molecule has 0 aromatic carbocycles. The first-order valence-electron chi connectivity index (χ1n) is 5.20. The summed E-state index contributed by atoms with van der Waals surface area (Å²) in [6.07, 6.45) is 4.52. The third-order valence-electron chi connectivity index (χ3n) is 2.48. The lowest BCUT2D eigenvalue weighted by Crippen LogP contribution is -2.27. The average Bonchev–Trinajstić information content (AvgIpc) is 2.86. The minimum Gasteiger partial charge on any atom is -0.383 e. The van der Waals surface area contributed by atoms with Crippen molar-refractivity contribution in [1.82, 2.24) is 24.7 Å². The van der Waals surface area contributed by atoms with Gasteiger partial charge in [-0.25, -0.2) is 13.1 Å². The largest absolute Gasteiger partial charge is 0.383 e. The van der Waals surface area contributed by atoms with Crippen LogP contribution in [0.4, 0.5) is 5.82 Å². The molecule has 0 aliphatic carbocycles. The molecule has 0 saturated heterocycles. The van der Waals surface area contributed by atoms with Crippen LogP contribution in [0.15, 0.2) is 23.5 Å². The lowest BCUT2D eigenvalue weighted by atomic mass is 10.2. The SMILES string of the molecule is CC(NS(=O)(=O)c1cn[nH]c1N)c1cnn(C)c1. The summed E-state index contributed by atoms with van der Waals surface area (Å²) in [5.74, 6) is 0.0147. The highest BCUT2D eigenvalue weighted by Crippen LogP contribution is 2.18. The van der Waals surface area contributed by atoms with Crippen molar-refractivity contribution >= 4 is 15.8 Å². The lowest BCUT2D eigenvalue weighted by molar-refractivity contribution is 0.567. The Balaban J connectivity index is 2.21. The van der Waals surface area contributed by atoms with Gasteiger partial charge in [-0.1, -0.05) is 0 Å². The van der Waals surface area contributed by atoms with E-state index in [1.54, 1.807) is 31.0 Å². The Labute approximate surface area is 104 Å². The number of aromatic nitrogens is 4. The molecule has 0 radical (unpaired) electrons. The number of nitrogens with one attached hydrogen (secondary N) is 2. The first-order chi connectivity index (χ1) is 8.40. The Hall–Kier alpha value is -1.87. The van der Waals surface area contributed by atoms with Gasteiger partial charge in [0.05, 0.1) is 12.4 Å². The lowest BCUT2D eigenvalue weighted by Gasteiger charge is -2.11. The molecule has 0 amide bonds. The number of nitrogens with two attached hydrogens (primary N) is 1. The third-order valence-corrected chi connectivity index (χ3v) is 4.05. The summed E-state index contributed by atoms with van der Waals surface area (Å²) >= 11 is 0. The van der Waals surface area contributed by atoms with E-state index in [2.05, 4.69) is 20.0 Å². The van der Waals surface area contributed by atoms with Crippen molar-refractivity contribution in [3.63, 3.8) is 0 Å². The van der Waals surface area contributed by atoms with Crippen molar-refractivity contribution in [3.05, 3.63) is 24.2 Å². The molecule has 0 aliphatic heterocycles.